The summed E-state index contributed by atoms with van der Waals surface area (Å²) in [5.41, 5.74) is 2.18. The average Bonchev–Trinajstić information content (AvgIpc) is 2.82. The Bertz CT molecular complexity index is 839. The van der Waals surface area contributed by atoms with E-state index >= 15 is 0 Å². The highest BCUT2D eigenvalue weighted by molar-refractivity contribution is 6.04. The van der Waals surface area contributed by atoms with Crippen molar-refractivity contribution in [3.8, 4) is 11.5 Å². The van der Waals surface area contributed by atoms with Crippen molar-refractivity contribution in [2.24, 2.45) is 0 Å². The second-order valence-electron chi connectivity index (χ2n) is 5.27. The maximum Gasteiger partial charge on any atom is 0.258 e. The van der Waals surface area contributed by atoms with Crippen LogP contribution in [0.5, 0.6) is 11.5 Å². The number of fused-ring (bicyclic) bond motifs is 2. The first-order valence-corrected chi connectivity index (χ1v) is 7.45. The molecule has 1 aliphatic heterocycles. The van der Waals surface area contributed by atoms with Crippen LogP contribution in [0.4, 0.5) is 5.95 Å². The van der Waals surface area contributed by atoms with Crippen LogP contribution < -0.4 is 14.8 Å². The number of carbonyl (C=O) groups excluding carboxylic acids is 1. The van der Waals surface area contributed by atoms with Crippen LogP contribution in [0.1, 0.15) is 16.8 Å². The van der Waals surface area contributed by atoms with Gasteiger partial charge in [0.15, 0.2) is 11.5 Å². The van der Waals surface area contributed by atoms with Crippen LogP contribution in [-0.4, -0.2) is 29.1 Å². The van der Waals surface area contributed by atoms with E-state index < -0.39 is 0 Å². The van der Waals surface area contributed by atoms with Crippen molar-refractivity contribution in [2.45, 2.75) is 6.42 Å². The molecule has 6 nitrogen and oxygen atoms in total. The monoisotopic (exact) mass is 309 g/mol. The number of amides is 1. The quantitative estimate of drug-likeness (QED) is 0.763. The molecule has 1 aliphatic rings. The number of carbonyl (C=O) groups is 1. The minimum Gasteiger partial charge on any atom is -0.490 e. The van der Waals surface area contributed by atoms with Gasteiger partial charge in [0.2, 0.25) is 5.95 Å². The molecule has 1 aromatic heterocycles. The average molecular weight is 309 g/mol. The zero-order chi connectivity index (χ0) is 15.6. The maximum absolute atomic E-state index is 12.4. The molecule has 0 saturated carbocycles. The van der Waals surface area contributed by atoms with E-state index in [0.29, 0.717) is 36.2 Å². The fourth-order valence-corrected chi connectivity index (χ4v) is 2.50. The largest absolute Gasteiger partial charge is 0.490 e. The number of ether oxygens (including phenoxy) is 2. The number of rotatable bonds is 2. The van der Waals surface area contributed by atoms with Crippen LogP contribution in [-0.2, 0) is 0 Å². The third-order valence-electron chi connectivity index (χ3n) is 3.63. The van der Waals surface area contributed by atoms with Crippen molar-refractivity contribution in [1.29, 1.82) is 0 Å². The summed E-state index contributed by atoms with van der Waals surface area (Å²) in [7, 11) is 0. The summed E-state index contributed by atoms with van der Waals surface area (Å²) < 4.78 is 11.2. The number of nitrogens with one attached hydrogen (secondary N) is 2. The normalized spacial score (nSPS) is 13.6. The second-order valence-corrected chi connectivity index (χ2v) is 5.27. The van der Waals surface area contributed by atoms with Gasteiger partial charge in [-0.25, -0.2) is 4.98 Å². The van der Waals surface area contributed by atoms with E-state index in [2.05, 4.69) is 15.3 Å². The number of hydrogen-bond acceptors (Lipinski definition) is 4. The molecule has 0 saturated heterocycles. The minimum atomic E-state index is -0.250. The molecule has 6 heteroatoms. The van der Waals surface area contributed by atoms with Crippen molar-refractivity contribution in [1.82, 2.24) is 9.97 Å². The van der Waals surface area contributed by atoms with Crippen molar-refractivity contribution >= 4 is 22.9 Å². The highest BCUT2D eigenvalue weighted by Gasteiger charge is 2.15. The SMILES string of the molecule is O=C(Nc1nc2ccccc2[nH]1)c1ccc2c(c1)OCCCO2. The molecule has 3 aromatic rings. The molecule has 2 aromatic carbocycles. The lowest BCUT2D eigenvalue weighted by atomic mass is 10.2. The zero-order valence-electron chi connectivity index (χ0n) is 12.3. The first kappa shape index (κ1) is 13.6. The van der Waals surface area contributed by atoms with Gasteiger partial charge < -0.3 is 14.5 Å². The number of anilines is 1. The third-order valence-corrected chi connectivity index (χ3v) is 3.63. The summed E-state index contributed by atoms with van der Waals surface area (Å²) in [4.78, 5) is 19.8. The summed E-state index contributed by atoms with van der Waals surface area (Å²) >= 11 is 0. The molecule has 0 bridgehead atoms. The molecule has 2 heterocycles. The molecule has 0 atom stereocenters. The summed E-state index contributed by atoms with van der Waals surface area (Å²) in [5, 5.41) is 2.77. The van der Waals surface area contributed by atoms with E-state index in [1.807, 2.05) is 24.3 Å². The highest BCUT2D eigenvalue weighted by Crippen LogP contribution is 2.30. The Hall–Kier alpha value is -3.02. The predicted octanol–water partition coefficient (Wildman–Crippen LogP) is 2.98. The molecule has 23 heavy (non-hydrogen) atoms. The molecule has 116 valence electrons. The molecule has 0 spiro atoms. The Kier molecular flexibility index (Phi) is 3.34. The van der Waals surface area contributed by atoms with Crippen molar-refractivity contribution in [2.75, 3.05) is 18.5 Å². The smallest absolute Gasteiger partial charge is 0.258 e. The van der Waals surface area contributed by atoms with Crippen LogP contribution in [0, 0.1) is 0 Å². The molecule has 0 aliphatic carbocycles. The summed E-state index contributed by atoms with van der Waals surface area (Å²) in [6.45, 7) is 1.21. The first-order chi connectivity index (χ1) is 11.3. The van der Waals surface area contributed by atoms with Crippen LogP contribution >= 0.6 is 0 Å². The number of imidazole rings is 1. The van der Waals surface area contributed by atoms with Crippen LogP contribution in [0.2, 0.25) is 0 Å². The van der Waals surface area contributed by atoms with Crippen molar-refractivity contribution < 1.29 is 14.3 Å². The van der Waals surface area contributed by atoms with E-state index in [0.717, 1.165) is 17.5 Å². The molecule has 0 radical (unpaired) electrons. The highest BCUT2D eigenvalue weighted by atomic mass is 16.5. The molecule has 2 N–H and O–H groups in total. The molecule has 4 rings (SSSR count). The lowest BCUT2D eigenvalue weighted by Gasteiger charge is -2.09. The van der Waals surface area contributed by atoms with Gasteiger partial charge in [0, 0.05) is 12.0 Å². The fraction of sp³-hybridized carbons (Fsp3) is 0.176. The van der Waals surface area contributed by atoms with E-state index in [-0.39, 0.29) is 5.91 Å². The minimum absolute atomic E-state index is 0.250. The number of benzene rings is 2. The van der Waals surface area contributed by atoms with Crippen molar-refractivity contribution in [3.05, 3.63) is 48.0 Å². The standard InChI is InChI=1S/C17H15N3O3/c21-16(20-17-18-12-4-1-2-5-13(12)19-17)11-6-7-14-15(10-11)23-9-3-8-22-14/h1-2,4-7,10H,3,8-9H2,(H2,18,19,20,21). The number of aromatic nitrogens is 2. The van der Waals surface area contributed by atoms with E-state index in [1.165, 1.54) is 0 Å². The van der Waals surface area contributed by atoms with Gasteiger partial charge in [-0.05, 0) is 30.3 Å². The number of H-pyrrole nitrogens is 1. The van der Waals surface area contributed by atoms with Crippen LogP contribution in [0.25, 0.3) is 11.0 Å². The Morgan fingerprint density at radius 3 is 2.78 bits per heavy atom. The van der Waals surface area contributed by atoms with Gasteiger partial charge in [0.25, 0.3) is 5.91 Å². The molecule has 0 fully saturated rings. The summed E-state index contributed by atoms with van der Waals surface area (Å²) in [5.74, 6) is 1.44. The molecule has 1 amide bonds. The van der Waals surface area contributed by atoms with Gasteiger partial charge in [0.05, 0.1) is 24.2 Å². The number of hydrogen-bond donors (Lipinski definition) is 2. The van der Waals surface area contributed by atoms with Gasteiger partial charge in [-0.1, -0.05) is 12.1 Å². The number of nitrogens with zero attached hydrogens (tertiary/aromatic N) is 1. The zero-order valence-corrected chi connectivity index (χ0v) is 12.3. The topological polar surface area (TPSA) is 76.2 Å². The van der Waals surface area contributed by atoms with Crippen molar-refractivity contribution in [3.63, 3.8) is 0 Å². The van der Waals surface area contributed by atoms with Gasteiger partial charge >= 0.3 is 0 Å². The van der Waals surface area contributed by atoms with E-state index in [1.54, 1.807) is 18.2 Å². The Labute approximate surface area is 132 Å². The second kappa shape index (κ2) is 5.64. The Morgan fingerprint density at radius 2 is 1.91 bits per heavy atom. The molecular weight excluding hydrogens is 294 g/mol. The lowest BCUT2D eigenvalue weighted by Crippen LogP contribution is -2.13. The van der Waals surface area contributed by atoms with Crippen LogP contribution in [0.15, 0.2) is 42.5 Å². The summed E-state index contributed by atoms with van der Waals surface area (Å²) in [6.07, 6.45) is 0.829. The van der Waals surface area contributed by atoms with E-state index in [9.17, 15) is 4.79 Å². The van der Waals surface area contributed by atoms with Gasteiger partial charge in [-0.3, -0.25) is 10.1 Å². The molecule has 0 unspecified atom stereocenters. The molecular formula is C17H15N3O3. The van der Waals surface area contributed by atoms with E-state index in [4.69, 9.17) is 9.47 Å². The Balaban J connectivity index is 1.58. The number of aromatic amines is 1. The third kappa shape index (κ3) is 2.70. The van der Waals surface area contributed by atoms with Gasteiger partial charge in [0.1, 0.15) is 0 Å². The Morgan fingerprint density at radius 1 is 1.09 bits per heavy atom. The fourth-order valence-electron chi connectivity index (χ4n) is 2.50. The maximum atomic E-state index is 12.4. The predicted molar refractivity (Wildman–Crippen MR) is 86.1 cm³/mol. The summed E-state index contributed by atoms with van der Waals surface area (Å²) in [6, 6.07) is 12.8. The van der Waals surface area contributed by atoms with Gasteiger partial charge in [-0.15, -0.1) is 0 Å². The lowest BCUT2D eigenvalue weighted by molar-refractivity contribution is 0.102. The number of para-hydroxylation sites is 2. The first-order valence-electron chi connectivity index (χ1n) is 7.45. The van der Waals surface area contributed by atoms with Gasteiger partial charge in [-0.2, -0.15) is 0 Å². The van der Waals surface area contributed by atoms with Crippen LogP contribution in [0.3, 0.4) is 0 Å².